The molecule has 5 nitrogen and oxygen atoms in total. The Hall–Kier alpha value is -0.720. The summed E-state index contributed by atoms with van der Waals surface area (Å²) in [5.41, 5.74) is 5.06. The predicted octanol–water partition coefficient (Wildman–Crippen LogP) is 0.0526. The van der Waals surface area contributed by atoms with Crippen LogP contribution >= 0.6 is 12.2 Å². The van der Waals surface area contributed by atoms with Crippen molar-refractivity contribution >= 4 is 23.1 Å². The number of thiocarbonyl (C=S) groups is 1. The lowest BCUT2D eigenvalue weighted by Crippen LogP contribution is -2.54. The summed E-state index contributed by atoms with van der Waals surface area (Å²) in [5, 5.41) is 9.10. The normalized spacial score (nSPS) is 22.5. The van der Waals surface area contributed by atoms with Crippen molar-refractivity contribution in [3.05, 3.63) is 0 Å². The molecule has 1 heterocycles. The Morgan fingerprint density at radius 2 is 2.06 bits per heavy atom. The van der Waals surface area contributed by atoms with E-state index in [0.717, 1.165) is 12.8 Å². The summed E-state index contributed by atoms with van der Waals surface area (Å²) in [6, 6.07) is 0.263. The molecule has 1 saturated heterocycles. The number of nitrogens with two attached hydrogens (primary N) is 1. The van der Waals surface area contributed by atoms with Crippen molar-refractivity contribution in [1.29, 1.82) is 0 Å². The lowest BCUT2D eigenvalue weighted by molar-refractivity contribution is -0.143. The summed E-state index contributed by atoms with van der Waals surface area (Å²) in [6.07, 6.45) is 3.12. The van der Waals surface area contributed by atoms with E-state index in [1.54, 1.807) is 4.90 Å². The van der Waals surface area contributed by atoms with E-state index in [0.29, 0.717) is 32.6 Å². The van der Waals surface area contributed by atoms with Gasteiger partial charge in [-0.15, -0.1) is 0 Å². The Balaban J connectivity index is 2.18. The Morgan fingerprint density at radius 1 is 1.44 bits per heavy atom. The lowest BCUT2D eigenvalue weighted by Gasteiger charge is -2.39. The van der Waals surface area contributed by atoms with Gasteiger partial charge in [-0.05, 0) is 25.7 Å². The summed E-state index contributed by atoms with van der Waals surface area (Å²) in [7, 11) is 0. The Bertz CT molecular complexity index is 338. The van der Waals surface area contributed by atoms with Crippen molar-refractivity contribution in [3.8, 4) is 0 Å². The highest BCUT2D eigenvalue weighted by atomic mass is 32.1. The van der Waals surface area contributed by atoms with E-state index < -0.39 is 5.41 Å². The molecule has 0 aromatic rings. The summed E-state index contributed by atoms with van der Waals surface area (Å²) in [4.78, 5) is 14.7. The fraction of sp³-hybridized carbons (Fsp3) is 0.833. The van der Waals surface area contributed by atoms with Crippen LogP contribution in [-0.4, -0.2) is 53.3 Å². The van der Waals surface area contributed by atoms with Gasteiger partial charge in [-0.1, -0.05) is 12.2 Å². The molecule has 3 N–H and O–H groups in total. The van der Waals surface area contributed by atoms with E-state index in [4.69, 9.17) is 27.8 Å². The number of hydrogen-bond acceptors (Lipinski definition) is 4. The molecule has 1 saturated carbocycles. The van der Waals surface area contributed by atoms with E-state index in [-0.39, 0.29) is 23.5 Å². The molecule has 2 fully saturated rings. The van der Waals surface area contributed by atoms with Gasteiger partial charge in [0.15, 0.2) is 0 Å². The minimum atomic E-state index is -0.759. The minimum Gasteiger partial charge on any atom is -0.395 e. The van der Waals surface area contributed by atoms with Crippen molar-refractivity contribution in [1.82, 2.24) is 4.90 Å². The SMILES string of the molecule is NC(=S)C1(C(=O)N(CCO)C2CC2)CCOCC1. The first-order valence-electron chi connectivity index (χ1n) is 6.41. The maximum atomic E-state index is 12.7. The van der Waals surface area contributed by atoms with Crippen molar-refractivity contribution in [3.63, 3.8) is 0 Å². The second kappa shape index (κ2) is 5.50. The summed E-state index contributed by atoms with van der Waals surface area (Å²) >= 11 is 5.13. The van der Waals surface area contributed by atoms with Crippen LogP contribution in [0.5, 0.6) is 0 Å². The predicted molar refractivity (Wildman–Crippen MR) is 71.1 cm³/mol. The van der Waals surface area contributed by atoms with Crippen LogP contribution in [-0.2, 0) is 9.53 Å². The number of amides is 1. The maximum Gasteiger partial charge on any atom is 0.236 e. The topological polar surface area (TPSA) is 75.8 Å². The number of carbonyl (C=O) groups is 1. The molecule has 0 aromatic carbocycles. The summed E-state index contributed by atoms with van der Waals surface area (Å²) < 4.78 is 5.31. The molecule has 18 heavy (non-hydrogen) atoms. The molecule has 102 valence electrons. The Labute approximate surface area is 112 Å². The van der Waals surface area contributed by atoms with E-state index in [1.165, 1.54) is 0 Å². The molecule has 0 unspecified atom stereocenters. The van der Waals surface area contributed by atoms with Gasteiger partial charge in [0, 0.05) is 25.8 Å². The van der Waals surface area contributed by atoms with E-state index in [9.17, 15) is 4.79 Å². The molecule has 0 atom stereocenters. The zero-order valence-corrected chi connectivity index (χ0v) is 11.2. The van der Waals surface area contributed by atoms with E-state index >= 15 is 0 Å². The number of aliphatic hydroxyl groups is 1. The molecule has 1 amide bonds. The van der Waals surface area contributed by atoms with Gasteiger partial charge < -0.3 is 20.5 Å². The van der Waals surface area contributed by atoms with E-state index in [1.807, 2.05) is 0 Å². The zero-order valence-electron chi connectivity index (χ0n) is 10.4. The molecule has 0 spiro atoms. The van der Waals surface area contributed by atoms with Crippen LogP contribution in [0, 0.1) is 5.41 Å². The quantitative estimate of drug-likeness (QED) is 0.692. The van der Waals surface area contributed by atoms with Crippen LogP contribution < -0.4 is 5.73 Å². The van der Waals surface area contributed by atoms with Gasteiger partial charge in [0.05, 0.1) is 11.6 Å². The first kappa shape index (κ1) is 13.7. The molecule has 0 aromatic heterocycles. The summed E-state index contributed by atoms with van der Waals surface area (Å²) in [6.45, 7) is 1.38. The highest BCUT2D eigenvalue weighted by molar-refractivity contribution is 7.80. The number of rotatable bonds is 5. The smallest absolute Gasteiger partial charge is 0.236 e. The van der Waals surface area contributed by atoms with Crippen LogP contribution in [0.25, 0.3) is 0 Å². The molecular formula is C12H20N2O3S. The zero-order chi connectivity index (χ0) is 13.2. The molecule has 2 aliphatic rings. The maximum absolute atomic E-state index is 12.7. The largest absolute Gasteiger partial charge is 0.395 e. The number of hydrogen-bond donors (Lipinski definition) is 2. The Kier molecular flexibility index (Phi) is 4.19. The highest BCUT2D eigenvalue weighted by Gasteiger charge is 2.48. The average molecular weight is 272 g/mol. The molecule has 2 rings (SSSR count). The molecule has 0 bridgehead atoms. The monoisotopic (exact) mass is 272 g/mol. The van der Waals surface area contributed by atoms with Crippen LogP contribution in [0.4, 0.5) is 0 Å². The van der Waals surface area contributed by atoms with Crippen molar-refractivity contribution in [2.75, 3.05) is 26.4 Å². The van der Waals surface area contributed by atoms with Crippen LogP contribution in [0.3, 0.4) is 0 Å². The van der Waals surface area contributed by atoms with Gasteiger partial charge in [0.25, 0.3) is 0 Å². The Morgan fingerprint density at radius 3 is 2.50 bits per heavy atom. The lowest BCUT2D eigenvalue weighted by atomic mass is 9.78. The van der Waals surface area contributed by atoms with Crippen LogP contribution in [0.2, 0.25) is 0 Å². The van der Waals surface area contributed by atoms with Crippen molar-refractivity contribution in [2.24, 2.45) is 11.1 Å². The third-order valence-electron chi connectivity index (χ3n) is 3.82. The molecule has 6 heteroatoms. The standard InChI is InChI=1S/C12H20N2O3S/c13-10(18)12(3-7-17-8-4-12)11(16)14(5-6-15)9-1-2-9/h9,15H,1-8H2,(H2,13,18). The molecule has 1 aliphatic carbocycles. The fourth-order valence-corrected chi connectivity index (χ4v) is 2.80. The second-order valence-corrected chi connectivity index (χ2v) is 5.45. The molecular weight excluding hydrogens is 252 g/mol. The van der Waals surface area contributed by atoms with Crippen LogP contribution in [0.1, 0.15) is 25.7 Å². The van der Waals surface area contributed by atoms with Gasteiger partial charge in [0.1, 0.15) is 5.41 Å². The second-order valence-electron chi connectivity index (χ2n) is 5.01. The van der Waals surface area contributed by atoms with E-state index in [2.05, 4.69) is 0 Å². The highest BCUT2D eigenvalue weighted by Crippen LogP contribution is 2.37. The number of carbonyl (C=O) groups excluding carboxylic acids is 1. The van der Waals surface area contributed by atoms with Crippen LogP contribution in [0.15, 0.2) is 0 Å². The van der Waals surface area contributed by atoms with Gasteiger partial charge >= 0.3 is 0 Å². The number of ether oxygens (including phenoxy) is 1. The first-order valence-corrected chi connectivity index (χ1v) is 6.82. The number of nitrogens with zero attached hydrogens (tertiary/aromatic N) is 1. The summed E-state index contributed by atoms with van der Waals surface area (Å²) in [5.74, 6) is -0.0187. The van der Waals surface area contributed by atoms with Crippen molar-refractivity contribution in [2.45, 2.75) is 31.7 Å². The van der Waals surface area contributed by atoms with Gasteiger partial charge in [-0.3, -0.25) is 4.79 Å². The first-order chi connectivity index (χ1) is 8.62. The number of aliphatic hydroxyl groups excluding tert-OH is 1. The minimum absolute atomic E-state index is 0.0187. The average Bonchev–Trinajstić information content (AvgIpc) is 3.20. The fourth-order valence-electron chi connectivity index (χ4n) is 2.50. The molecule has 1 aliphatic heterocycles. The van der Waals surface area contributed by atoms with Gasteiger partial charge in [-0.25, -0.2) is 0 Å². The third-order valence-corrected chi connectivity index (χ3v) is 4.21. The van der Waals surface area contributed by atoms with Crippen molar-refractivity contribution < 1.29 is 14.6 Å². The van der Waals surface area contributed by atoms with Gasteiger partial charge in [0.2, 0.25) is 5.91 Å². The van der Waals surface area contributed by atoms with Gasteiger partial charge in [-0.2, -0.15) is 0 Å². The molecule has 0 radical (unpaired) electrons. The third kappa shape index (κ3) is 2.50.